The minimum atomic E-state index is 0. The van der Waals surface area contributed by atoms with Crippen molar-refractivity contribution in [2.75, 3.05) is 37.1 Å². The van der Waals surface area contributed by atoms with Crippen LogP contribution in [0, 0.1) is 6.92 Å². The Morgan fingerprint density at radius 1 is 1.04 bits per heavy atom. The molecule has 2 N–H and O–H groups in total. The van der Waals surface area contributed by atoms with E-state index in [1.54, 1.807) is 0 Å². The van der Waals surface area contributed by atoms with Crippen LogP contribution in [0.25, 0.3) is 0 Å². The molecule has 0 saturated carbocycles. The van der Waals surface area contributed by atoms with Gasteiger partial charge in [-0.15, -0.1) is 34.2 Å². The fraction of sp³-hybridized carbons (Fsp3) is 0.800. The predicted molar refractivity (Wildman–Crippen MR) is 119 cm³/mol. The van der Waals surface area contributed by atoms with Gasteiger partial charge in [0.25, 0.3) is 0 Å². The number of nitrogens with one attached hydrogen (secondary N) is 2. The molecule has 9 heteroatoms. The molecule has 0 aliphatic heterocycles. The largest absolute Gasteiger partial charge is 0.356 e. The highest BCUT2D eigenvalue weighted by Gasteiger charge is 2.05. The summed E-state index contributed by atoms with van der Waals surface area (Å²) in [7, 11) is 1.97. The topological polar surface area (TPSA) is 67.1 Å². The molecule has 0 spiro atoms. The molecule has 0 aliphatic carbocycles. The lowest BCUT2D eigenvalue weighted by Gasteiger charge is -2.12. The fourth-order valence-corrected chi connectivity index (χ4v) is 2.84. The van der Waals surface area contributed by atoms with E-state index in [0.29, 0.717) is 6.54 Å². The number of unbranched alkanes of at least 4 members (excludes halogenated alkanes) is 1. The van der Waals surface area contributed by atoms with Crippen molar-refractivity contribution < 1.29 is 0 Å². The molecule has 1 aromatic rings. The van der Waals surface area contributed by atoms with Gasteiger partial charge in [-0.05, 0) is 50.2 Å². The van der Waals surface area contributed by atoms with E-state index in [2.05, 4.69) is 38.3 Å². The van der Waals surface area contributed by atoms with Crippen molar-refractivity contribution in [1.82, 2.24) is 25.4 Å². The molecular formula is C15H31IN6S2. The Labute approximate surface area is 171 Å². The zero-order chi connectivity index (χ0) is 16.9. The molecular weight excluding hydrogens is 455 g/mol. The molecule has 0 aliphatic rings. The van der Waals surface area contributed by atoms with Gasteiger partial charge in [0.15, 0.2) is 11.8 Å². The molecule has 6 nitrogen and oxygen atoms in total. The molecule has 0 unspecified atom stereocenters. The van der Waals surface area contributed by atoms with Crippen molar-refractivity contribution in [3.8, 4) is 0 Å². The molecule has 140 valence electrons. The highest BCUT2D eigenvalue weighted by molar-refractivity contribution is 14.0. The maximum atomic E-state index is 4.64. The first-order chi connectivity index (χ1) is 11.2. The van der Waals surface area contributed by atoms with Crippen LogP contribution in [-0.2, 0) is 13.6 Å². The summed E-state index contributed by atoms with van der Waals surface area (Å²) in [6.45, 7) is 4.38. The number of aliphatic imine (C=N–C) groups is 1. The van der Waals surface area contributed by atoms with Gasteiger partial charge in [0, 0.05) is 20.1 Å². The van der Waals surface area contributed by atoms with Crippen molar-refractivity contribution in [1.29, 1.82) is 0 Å². The lowest BCUT2D eigenvalue weighted by Crippen LogP contribution is -2.38. The second-order valence-corrected chi connectivity index (χ2v) is 7.26. The van der Waals surface area contributed by atoms with E-state index in [9.17, 15) is 0 Å². The lowest BCUT2D eigenvalue weighted by molar-refractivity contribution is 0.715. The standard InChI is InChI=1S/C15H30N6S2.HI/c1-13-19-20-14(21(13)2)12-18-15(17-9-7-11-23-4)16-8-5-6-10-22-3;/h5-12H2,1-4H3,(H2,16,17,18);1H. The summed E-state index contributed by atoms with van der Waals surface area (Å²) in [5, 5.41) is 15.1. The average molecular weight is 486 g/mol. The minimum absolute atomic E-state index is 0. The Hall–Kier alpha value is -0.160. The molecule has 1 aromatic heterocycles. The first kappa shape index (κ1) is 23.8. The maximum Gasteiger partial charge on any atom is 0.191 e. The summed E-state index contributed by atoms with van der Waals surface area (Å²) in [5.41, 5.74) is 0. The van der Waals surface area contributed by atoms with E-state index >= 15 is 0 Å². The molecule has 0 radical (unpaired) electrons. The highest BCUT2D eigenvalue weighted by Crippen LogP contribution is 2.00. The van der Waals surface area contributed by atoms with Gasteiger partial charge in [-0.1, -0.05) is 0 Å². The van der Waals surface area contributed by atoms with E-state index in [0.717, 1.165) is 49.3 Å². The van der Waals surface area contributed by atoms with Crippen molar-refractivity contribution >= 4 is 53.5 Å². The zero-order valence-electron chi connectivity index (χ0n) is 15.2. The number of aromatic nitrogens is 3. The summed E-state index contributed by atoms with van der Waals surface area (Å²) >= 11 is 3.77. The number of hydrogen-bond acceptors (Lipinski definition) is 5. The third-order valence-corrected chi connectivity index (χ3v) is 4.84. The summed E-state index contributed by atoms with van der Waals surface area (Å²) < 4.78 is 1.98. The number of halogens is 1. The Kier molecular flexibility index (Phi) is 15.0. The number of aryl methyl sites for hydroxylation is 1. The Morgan fingerprint density at radius 2 is 1.67 bits per heavy atom. The fourth-order valence-electron chi connectivity index (χ4n) is 1.91. The second-order valence-electron chi connectivity index (χ2n) is 5.29. The number of thioether (sulfide) groups is 2. The van der Waals surface area contributed by atoms with E-state index in [1.165, 1.54) is 12.2 Å². The molecule has 0 bridgehead atoms. The zero-order valence-corrected chi connectivity index (χ0v) is 19.1. The quantitative estimate of drug-likeness (QED) is 0.217. The molecule has 0 amide bonds. The summed E-state index contributed by atoms with van der Waals surface area (Å²) in [5.74, 6) is 5.05. The molecule has 24 heavy (non-hydrogen) atoms. The summed E-state index contributed by atoms with van der Waals surface area (Å²) in [4.78, 5) is 4.64. The lowest BCUT2D eigenvalue weighted by atomic mass is 10.3. The van der Waals surface area contributed by atoms with Crippen LogP contribution in [0.2, 0.25) is 0 Å². The van der Waals surface area contributed by atoms with E-state index in [1.807, 2.05) is 42.1 Å². The Morgan fingerprint density at radius 3 is 2.25 bits per heavy atom. The van der Waals surface area contributed by atoms with E-state index in [-0.39, 0.29) is 24.0 Å². The second kappa shape index (κ2) is 15.1. The van der Waals surface area contributed by atoms with Gasteiger partial charge in [-0.3, -0.25) is 0 Å². The van der Waals surface area contributed by atoms with Gasteiger partial charge in [0.05, 0.1) is 0 Å². The van der Waals surface area contributed by atoms with E-state index < -0.39 is 0 Å². The van der Waals surface area contributed by atoms with Crippen LogP contribution in [0.3, 0.4) is 0 Å². The molecule has 0 saturated heterocycles. The van der Waals surface area contributed by atoms with Crippen LogP contribution in [0.5, 0.6) is 0 Å². The number of hydrogen-bond donors (Lipinski definition) is 2. The first-order valence-electron chi connectivity index (χ1n) is 8.04. The normalized spacial score (nSPS) is 11.2. The van der Waals surface area contributed by atoms with Crippen molar-refractivity contribution in [2.24, 2.45) is 12.0 Å². The molecule has 1 rings (SSSR count). The van der Waals surface area contributed by atoms with Crippen molar-refractivity contribution in [2.45, 2.75) is 32.7 Å². The van der Waals surface area contributed by atoms with Gasteiger partial charge in [-0.2, -0.15) is 23.5 Å². The highest BCUT2D eigenvalue weighted by atomic mass is 127. The maximum absolute atomic E-state index is 4.64. The van der Waals surface area contributed by atoms with E-state index in [4.69, 9.17) is 0 Å². The predicted octanol–water partition coefficient (Wildman–Crippen LogP) is 2.67. The summed E-state index contributed by atoms with van der Waals surface area (Å²) in [6, 6.07) is 0. The third-order valence-electron chi connectivity index (χ3n) is 3.45. The van der Waals surface area contributed by atoms with Crippen LogP contribution >= 0.6 is 47.5 Å². The molecule has 1 heterocycles. The third kappa shape index (κ3) is 9.97. The SMILES string of the molecule is CSCCCCNC(=NCc1nnc(C)n1C)NCCCSC.I. The Bertz CT molecular complexity index is 467. The van der Waals surface area contributed by atoms with Gasteiger partial charge in [-0.25, -0.2) is 4.99 Å². The van der Waals surface area contributed by atoms with Gasteiger partial charge in [0.1, 0.15) is 12.4 Å². The van der Waals surface area contributed by atoms with Crippen LogP contribution in [-0.4, -0.2) is 57.8 Å². The minimum Gasteiger partial charge on any atom is -0.356 e. The van der Waals surface area contributed by atoms with Crippen molar-refractivity contribution in [3.63, 3.8) is 0 Å². The number of guanidine groups is 1. The average Bonchev–Trinajstić information content (AvgIpc) is 2.87. The van der Waals surface area contributed by atoms with Crippen LogP contribution in [0.4, 0.5) is 0 Å². The van der Waals surface area contributed by atoms with Gasteiger partial charge in [0.2, 0.25) is 0 Å². The van der Waals surface area contributed by atoms with Crippen LogP contribution in [0.1, 0.15) is 30.9 Å². The Balaban J connectivity index is 0.00000529. The van der Waals surface area contributed by atoms with Crippen LogP contribution < -0.4 is 10.6 Å². The van der Waals surface area contributed by atoms with Crippen LogP contribution in [0.15, 0.2) is 4.99 Å². The first-order valence-corrected chi connectivity index (χ1v) is 10.8. The van der Waals surface area contributed by atoms with Gasteiger partial charge < -0.3 is 15.2 Å². The molecule has 0 fully saturated rings. The summed E-state index contributed by atoms with van der Waals surface area (Å²) in [6.07, 6.45) is 7.81. The molecule has 0 atom stereocenters. The number of nitrogens with zero attached hydrogens (tertiary/aromatic N) is 4. The monoisotopic (exact) mass is 486 g/mol. The molecule has 0 aromatic carbocycles. The van der Waals surface area contributed by atoms with Crippen molar-refractivity contribution in [3.05, 3.63) is 11.6 Å². The van der Waals surface area contributed by atoms with Gasteiger partial charge >= 0.3 is 0 Å². The smallest absolute Gasteiger partial charge is 0.191 e. The number of rotatable bonds is 11.